The highest BCUT2D eigenvalue weighted by atomic mass is 16.5. The number of carboxylic acids is 1. The molecule has 2 aromatic rings. The summed E-state index contributed by atoms with van der Waals surface area (Å²) in [6.07, 6.45) is -0.583. The average Bonchev–Trinajstić information content (AvgIpc) is 3.43. The van der Waals surface area contributed by atoms with E-state index in [1.807, 2.05) is 50.2 Å². The number of hydrogen-bond donors (Lipinski definition) is 3. The van der Waals surface area contributed by atoms with E-state index < -0.39 is 24.2 Å². The summed E-state index contributed by atoms with van der Waals surface area (Å²) in [5.74, 6) is -1.60. The van der Waals surface area contributed by atoms with E-state index in [1.165, 1.54) is 0 Å². The van der Waals surface area contributed by atoms with Crippen LogP contribution >= 0.6 is 0 Å². The summed E-state index contributed by atoms with van der Waals surface area (Å²) in [6.45, 7) is 4.62. The van der Waals surface area contributed by atoms with Gasteiger partial charge in [-0.3, -0.25) is 4.79 Å². The first kappa shape index (κ1) is 24.7. The SMILES string of the molecule is CC(C)CC(NC(=O)OCC1c2ccccc2-c2ccccc21)C(=O)NC[C@@H]1CCO[C@@H]1C(=O)O. The van der Waals surface area contributed by atoms with Crippen molar-refractivity contribution in [1.82, 2.24) is 10.6 Å². The molecule has 1 unspecified atom stereocenters. The topological polar surface area (TPSA) is 114 Å². The summed E-state index contributed by atoms with van der Waals surface area (Å²) in [4.78, 5) is 36.9. The van der Waals surface area contributed by atoms with Crippen LogP contribution in [0.2, 0.25) is 0 Å². The zero-order valence-electron chi connectivity index (χ0n) is 20.0. The van der Waals surface area contributed by atoms with Gasteiger partial charge >= 0.3 is 12.1 Å². The molecule has 8 nitrogen and oxygen atoms in total. The molecule has 186 valence electrons. The predicted octanol–water partition coefficient (Wildman–Crippen LogP) is 3.55. The van der Waals surface area contributed by atoms with Crippen molar-refractivity contribution >= 4 is 18.0 Å². The number of aliphatic carboxylic acids is 1. The smallest absolute Gasteiger partial charge is 0.407 e. The fraction of sp³-hybridized carbons (Fsp3) is 0.444. The van der Waals surface area contributed by atoms with E-state index in [1.54, 1.807) is 0 Å². The highest BCUT2D eigenvalue weighted by Crippen LogP contribution is 2.44. The lowest BCUT2D eigenvalue weighted by molar-refractivity contribution is -0.149. The first-order valence-electron chi connectivity index (χ1n) is 12.1. The van der Waals surface area contributed by atoms with Crippen molar-refractivity contribution in [1.29, 1.82) is 0 Å². The zero-order chi connectivity index (χ0) is 24.9. The van der Waals surface area contributed by atoms with Crippen LogP contribution in [0.5, 0.6) is 0 Å². The van der Waals surface area contributed by atoms with E-state index in [0.29, 0.717) is 19.4 Å². The van der Waals surface area contributed by atoms with Gasteiger partial charge in [0.15, 0.2) is 6.10 Å². The first-order valence-corrected chi connectivity index (χ1v) is 12.1. The Labute approximate surface area is 205 Å². The zero-order valence-corrected chi connectivity index (χ0v) is 20.0. The van der Waals surface area contributed by atoms with E-state index >= 15 is 0 Å². The van der Waals surface area contributed by atoms with Gasteiger partial charge in [0.05, 0.1) is 0 Å². The van der Waals surface area contributed by atoms with E-state index in [2.05, 4.69) is 22.8 Å². The molecule has 1 aliphatic carbocycles. The molecule has 0 radical (unpaired) electrons. The van der Waals surface area contributed by atoms with Crippen molar-refractivity contribution in [2.45, 2.75) is 44.8 Å². The van der Waals surface area contributed by atoms with E-state index in [0.717, 1.165) is 22.3 Å². The van der Waals surface area contributed by atoms with Gasteiger partial charge in [0.2, 0.25) is 5.91 Å². The lowest BCUT2D eigenvalue weighted by Crippen LogP contribution is -2.49. The number of nitrogens with one attached hydrogen (secondary N) is 2. The van der Waals surface area contributed by atoms with Gasteiger partial charge in [0.1, 0.15) is 12.6 Å². The van der Waals surface area contributed by atoms with Crippen LogP contribution in [0.4, 0.5) is 4.79 Å². The fourth-order valence-electron chi connectivity index (χ4n) is 4.96. The number of carbonyl (C=O) groups excluding carboxylic acids is 2. The number of carboxylic acid groups (broad SMARTS) is 1. The molecule has 3 N–H and O–H groups in total. The lowest BCUT2D eigenvalue weighted by Gasteiger charge is -2.22. The normalized spacial score (nSPS) is 19.6. The molecule has 1 saturated heterocycles. The molecule has 0 aromatic heterocycles. The number of rotatable bonds is 9. The number of ether oxygens (including phenoxy) is 2. The minimum atomic E-state index is -1.03. The Morgan fingerprint density at radius 1 is 1.06 bits per heavy atom. The van der Waals surface area contributed by atoms with Gasteiger partial charge in [-0.25, -0.2) is 9.59 Å². The second-order valence-electron chi connectivity index (χ2n) is 9.58. The molecule has 1 heterocycles. The van der Waals surface area contributed by atoms with Crippen LogP contribution in [0.3, 0.4) is 0 Å². The molecule has 0 spiro atoms. The molecule has 3 atom stereocenters. The maximum absolute atomic E-state index is 12.9. The standard InChI is InChI=1S/C27H32N2O6/c1-16(2)13-23(25(30)28-14-17-11-12-34-24(17)26(31)32)29-27(33)35-15-22-20-9-5-3-7-18(20)19-8-4-6-10-21(19)22/h3-10,16-17,22-24H,11-15H2,1-2H3,(H,28,30)(H,29,33)(H,31,32)/t17-,23?,24-/m0/s1. The maximum atomic E-state index is 12.9. The number of hydrogen-bond acceptors (Lipinski definition) is 5. The van der Waals surface area contributed by atoms with Crippen LogP contribution in [0.15, 0.2) is 48.5 Å². The van der Waals surface area contributed by atoms with Crippen molar-refractivity contribution < 1.29 is 29.0 Å². The Hall–Kier alpha value is -3.39. The summed E-state index contributed by atoms with van der Waals surface area (Å²) in [7, 11) is 0. The molecule has 2 amide bonds. The number of alkyl carbamates (subject to hydrolysis) is 1. The van der Waals surface area contributed by atoms with Gasteiger partial charge in [-0.2, -0.15) is 0 Å². The third kappa shape index (κ3) is 5.65. The average molecular weight is 481 g/mol. The number of carbonyl (C=O) groups is 3. The van der Waals surface area contributed by atoms with Crippen molar-refractivity contribution in [2.24, 2.45) is 11.8 Å². The Morgan fingerprint density at radius 3 is 2.29 bits per heavy atom. The van der Waals surface area contributed by atoms with Crippen LogP contribution in [0.1, 0.15) is 43.7 Å². The van der Waals surface area contributed by atoms with Gasteiger partial charge in [-0.05, 0) is 41.0 Å². The third-order valence-corrected chi connectivity index (χ3v) is 6.66. The fourth-order valence-corrected chi connectivity index (χ4v) is 4.96. The molecule has 0 bridgehead atoms. The molecule has 2 aliphatic rings. The molecular formula is C27H32N2O6. The summed E-state index contributed by atoms with van der Waals surface area (Å²) < 4.78 is 10.8. The number of fused-ring (bicyclic) bond motifs is 3. The Kier molecular flexibility index (Phi) is 7.70. The third-order valence-electron chi connectivity index (χ3n) is 6.66. The van der Waals surface area contributed by atoms with E-state index in [9.17, 15) is 19.5 Å². The minimum absolute atomic E-state index is 0.0687. The molecule has 0 saturated carbocycles. The van der Waals surface area contributed by atoms with E-state index in [-0.39, 0.29) is 36.8 Å². The molecule has 1 fully saturated rings. The van der Waals surface area contributed by atoms with Crippen LogP contribution in [0, 0.1) is 11.8 Å². The summed E-state index contributed by atoms with van der Waals surface area (Å²) in [6, 6.07) is 15.4. The van der Waals surface area contributed by atoms with Crippen LogP contribution in [-0.2, 0) is 19.1 Å². The second-order valence-corrected chi connectivity index (χ2v) is 9.58. The van der Waals surface area contributed by atoms with Gasteiger partial charge in [0, 0.05) is 25.0 Å². The van der Waals surface area contributed by atoms with Crippen LogP contribution in [0.25, 0.3) is 11.1 Å². The highest BCUT2D eigenvalue weighted by molar-refractivity contribution is 5.86. The molecule has 35 heavy (non-hydrogen) atoms. The second kappa shape index (κ2) is 10.9. The lowest BCUT2D eigenvalue weighted by atomic mass is 9.98. The van der Waals surface area contributed by atoms with E-state index in [4.69, 9.17) is 9.47 Å². The first-order chi connectivity index (χ1) is 16.8. The highest BCUT2D eigenvalue weighted by Gasteiger charge is 2.35. The Bertz CT molecular complexity index is 1040. The number of amides is 2. The molecular weight excluding hydrogens is 448 g/mol. The van der Waals surface area contributed by atoms with Crippen LogP contribution < -0.4 is 10.6 Å². The van der Waals surface area contributed by atoms with Gasteiger partial charge in [-0.15, -0.1) is 0 Å². The van der Waals surface area contributed by atoms with Crippen LogP contribution in [-0.4, -0.2) is 55.0 Å². The Balaban J connectivity index is 1.36. The molecule has 4 rings (SSSR count). The monoisotopic (exact) mass is 480 g/mol. The van der Waals surface area contributed by atoms with Crippen molar-refractivity contribution in [3.05, 3.63) is 59.7 Å². The quantitative estimate of drug-likeness (QED) is 0.506. The van der Waals surface area contributed by atoms with Crippen molar-refractivity contribution in [3.63, 3.8) is 0 Å². The minimum Gasteiger partial charge on any atom is -0.479 e. The van der Waals surface area contributed by atoms with Crippen molar-refractivity contribution in [3.8, 4) is 11.1 Å². The van der Waals surface area contributed by atoms with Gasteiger partial charge in [0.25, 0.3) is 0 Å². The predicted molar refractivity (Wildman–Crippen MR) is 130 cm³/mol. The summed E-state index contributed by atoms with van der Waals surface area (Å²) >= 11 is 0. The largest absolute Gasteiger partial charge is 0.479 e. The number of benzene rings is 2. The van der Waals surface area contributed by atoms with Gasteiger partial charge < -0.3 is 25.2 Å². The molecule has 2 aromatic carbocycles. The summed E-state index contributed by atoms with van der Waals surface area (Å²) in [5, 5.41) is 14.8. The van der Waals surface area contributed by atoms with Gasteiger partial charge in [-0.1, -0.05) is 62.4 Å². The molecule has 1 aliphatic heterocycles. The Morgan fingerprint density at radius 2 is 1.69 bits per heavy atom. The summed E-state index contributed by atoms with van der Waals surface area (Å²) in [5.41, 5.74) is 4.52. The molecule has 8 heteroatoms. The maximum Gasteiger partial charge on any atom is 0.407 e. The van der Waals surface area contributed by atoms with Crippen molar-refractivity contribution in [2.75, 3.05) is 19.8 Å².